The smallest absolute Gasteiger partial charge is 0.332 e. The molecule has 8 nitrogen and oxygen atoms in total. The van der Waals surface area contributed by atoms with E-state index in [0.717, 1.165) is 0 Å². The molecule has 0 fully saturated rings. The predicted molar refractivity (Wildman–Crippen MR) is 62.6 cm³/mol. The number of hydrogen-bond acceptors (Lipinski definition) is 4. The number of carboxylic acids is 1. The van der Waals surface area contributed by atoms with Crippen molar-refractivity contribution in [1.82, 2.24) is 10.6 Å². The monoisotopic (exact) mass is 261 g/mol. The molecule has 6 N–H and O–H groups in total. The number of aliphatic hydroxyl groups excluding tert-OH is 1. The van der Waals surface area contributed by atoms with Crippen LogP contribution in [0.5, 0.6) is 0 Å². The summed E-state index contributed by atoms with van der Waals surface area (Å²) in [6.07, 6.45) is -1.64. The van der Waals surface area contributed by atoms with E-state index in [9.17, 15) is 14.4 Å². The van der Waals surface area contributed by atoms with E-state index in [2.05, 4.69) is 10.6 Å². The molecule has 0 saturated carbocycles. The van der Waals surface area contributed by atoms with Crippen molar-refractivity contribution >= 4 is 17.9 Å². The lowest BCUT2D eigenvalue weighted by Gasteiger charge is -2.19. The molecule has 2 atom stereocenters. The molecule has 3 amide bonds. The number of hydrogen-bond donors (Lipinski definition) is 5. The number of primary amides is 1. The largest absolute Gasteiger partial charge is 0.479 e. The minimum absolute atomic E-state index is 0.0249. The highest BCUT2D eigenvalue weighted by Crippen LogP contribution is 2.00. The van der Waals surface area contributed by atoms with Gasteiger partial charge in [0.05, 0.1) is 0 Å². The fourth-order valence-corrected chi connectivity index (χ4v) is 1.20. The van der Waals surface area contributed by atoms with Crippen molar-refractivity contribution in [3.8, 4) is 0 Å². The van der Waals surface area contributed by atoms with Gasteiger partial charge in [-0.15, -0.1) is 0 Å². The number of carbonyl (C=O) groups is 3. The molecule has 0 aromatic rings. The second-order valence-electron chi connectivity index (χ2n) is 4.17. The van der Waals surface area contributed by atoms with Gasteiger partial charge in [0.2, 0.25) is 5.91 Å². The number of nitrogens with one attached hydrogen (secondary N) is 2. The molecular weight excluding hydrogens is 242 g/mol. The zero-order valence-electron chi connectivity index (χ0n) is 10.3. The van der Waals surface area contributed by atoms with Gasteiger partial charge < -0.3 is 26.6 Å². The third kappa shape index (κ3) is 6.04. The van der Waals surface area contributed by atoms with Crippen LogP contribution in [0.4, 0.5) is 4.79 Å². The van der Waals surface area contributed by atoms with Crippen LogP contribution in [0.2, 0.25) is 0 Å². The van der Waals surface area contributed by atoms with Crippen LogP contribution in [-0.2, 0) is 9.59 Å². The Kier molecular flexibility index (Phi) is 6.73. The first-order valence-electron chi connectivity index (χ1n) is 5.50. The molecule has 104 valence electrons. The number of nitrogens with two attached hydrogens (primary N) is 1. The first-order valence-corrected chi connectivity index (χ1v) is 5.50. The second-order valence-corrected chi connectivity index (χ2v) is 4.17. The number of aliphatic hydroxyl groups is 1. The van der Waals surface area contributed by atoms with Crippen LogP contribution in [-0.4, -0.2) is 46.8 Å². The zero-order valence-corrected chi connectivity index (χ0v) is 10.3. The number of carboxylic acid groups (broad SMARTS) is 1. The van der Waals surface area contributed by atoms with Crippen LogP contribution in [0.25, 0.3) is 0 Å². The van der Waals surface area contributed by atoms with Gasteiger partial charge in [-0.2, -0.15) is 0 Å². The van der Waals surface area contributed by atoms with Crippen molar-refractivity contribution in [3.63, 3.8) is 0 Å². The Morgan fingerprint density at radius 2 is 1.83 bits per heavy atom. The van der Waals surface area contributed by atoms with Gasteiger partial charge in [-0.25, -0.2) is 9.59 Å². The summed E-state index contributed by atoms with van der Waals surface area (Å²) >= 11 is 0. The molecule has 0 bridgehead atoms. The average molecular weight is 261 g/mol. The van der Waals surface area contributed by atoms with E-state index in [0.29, 0.717) is 0 Å². The fraction of sp³-hybridized carbons (Fsp3) is 0.700. The lowest BCUT2D eigenvalue weighted by Crippen LogP contribution is -2.51. The minimum Gasteiger partial charge on any atom is -0.479 e. The Morgan fingerprint density at radius 1 is 1.28 bits per heavy atom. The van der Waals surface area contributed by atoms with Crippen molar-refractivity contribution in [2.75, 3.05) is 6.54 Å². The van der Waals surface area contributed by atoms with Gasteiger partial charge in [0.15, 0.2) is 6.10 Å². The van der Waals surface area contributed by atoms with Crippen LogP contribution < -0.4 is 16.4 Å². The first-order chi connectivity index (χ1) is 8.25. The van der Waals surface area contributed by atoms with E-state index in [1.54, 1.807) is 13.8 Å². The maximum Gasteiger partial charge on any atom is 0.332 e. The fourth-order valence-electron chi connectivity index (χ4n) is 1.20. The summed E-state index contributed by atoms with van der Waals surface area (Å²) in [4.78, 5) is 32.7. The highest BCUT2D eigenvalue weighted by Gasteiger charge is 2.21. The maximum atomic E-state index is 11.4. The number of aliphatic carboxylic acids is 1. The van der Waals surface area contributed by atoms with E-state index in [1.165, 1.54) is 0 Å². The van der Waals surface area contributed by atoms with Crippen LogP contribution in [0.3, 0.4) is 0 Å². The zero-order chi connectivity index (χ0) is 14.3. The summed E-state index contributed by atoms with van der Waals surface area (Å²) < 4.78 is 0. The van der Waals surface area contributed by atoms with Crippen LogP contribution in [0, 0.1) is 5.92 Å². The van der Waals surface area contributed by atoms with Crippen molar-refractivity contribution in [3.05, 3.63) is 0 Å². The van der Waals surface area contributed by atoms with Crippen LogP contribution in [0.15, 0.2) is 0 Å². The summed E-state index contributed by atoms with van der Waals surface area (Å²) in [6.45, 7) is 3.43. The van der Waals surface area contributed by atoms with E-state index in [-0.39, 0.29) is 18.9 Å². The highest BCUT2D eigenvalue weighted by atomic mass is 16.4. The molecule has 0 saturated heterocycles. The quantitative estimate of drug-likeness (QED) is 0.384. The van der Waals surface area contributed by atoms with E-state index >= 15 is 0 Å². The van der Waals surface area contributed by atoms with Gasteiger partial charge in [0.1, 0.15) is 6.04 Å². The van der Waals surface area contributed by atoms with Crippen molar-refractivity contribution in [2.24, 2.45) is 11.7 Å². The Balaban J connectivity index is 4.04. The van der Waals surface area contributed by atoms with Crippen LogP contribution in [0.1, 0.15) is 20.3 Å². The maximum absolute atomic E-state index is 11.4. The van der Waals surface area contributed by atoms with E-state index in [1.807, 2.05) is 0 Å². The standard InChI is InChI=1S/C10H19N3O5/c1-5(2)7(8(11)15)13-10(18)12-4-3-6(14)9(16)17/h5-7,14H,3-4H2,1-2H3,(H2,11,15)(H,16,17)(H2,12,13,18). The molecule has 0 aromatic heterocycles. The third-order valence-electron chi connectivity index (χ3n) is 2.25. The van der Waals surface area contributed by atoms with Crippen molar-refractivity contribution in [1.29, 1.82) is 0 Å². The van der Waals surface area contributed by atoms with Gasteiger partial charge >= 0.3 is 12.0 Å². The third-order valence-corrected chi connectivity index (χ3v) is 2.25. The average Bonchev–Trinajstić information content (AvgIpc) is 2.24. The number of carbonyl (C=O) groups excluding carboxylic acids is 2. The SMILES string of the molecule is CC(C)C(NC(=O)NCCC(O)C(=O)O)C(N)=O. The number of amides is 3. The number of rotatable bonds is 7. The predicted octanol–water partition coefficient (Wildman–Crippen LogP) is -1.37. The van der Waals surface area contributed by atoms with Gasteiger partial charge in [0.25, 0.3) is 0 Å². The molecule has 0 heterocycles. The summed E-state index contributed by atoms with van der Waals surface area (Å²) in [7, 11) is 0. The Bertz CT molecular complexity index is 319. The second kappa shape index (κ2) is 7.49. The summed E-state index contributed by atoms with van der Waals surface area (Å²) in [5.41, 5.74) is 5.10. The highest BCUT2D eigenvalue weighted by molar-refractivity contribution is 5.86. The van der Waals surface area contributed by atoms with Crippen molar-refractivity contribution in [2.45, 2.75) is 32.4 Å². The molecule has 0 aliphatic carbocycles. The Labute approximate surface area is 105 Å². The molecule has 2 unspecified atom stereocenters. The molecule has 18 heavy (non-hydrogen) atoms. The van der Waals surface area contributed by atoms with E-state index in [4.69, 9.17) is 15.9 Å². The summed E-state index contributed by atoms with van der Waals surface area (Å²) in [5.74, 6) is -2.15. The van der Waals surface area contributed by atoms with Gasteiger partial charge in [-0.1, -0.05) is 13.8 Å². The molecule has 0 radical (unpaired) electrons. The molecule has 8 heteroatoms. The lowest BCUT2D eigenvalue weighted by atomic mass is 10.0. The summed E-state index contributed by atoms with van der Waals surface area (Å²) in [6, 6.07) is -1.43. The lowest BCUT2D eigenvalue weighted by molar-refractivity contribution is -0.146. The summed E-state index contributed by atoms with van der Waals surface area (Å²) in [5, 5.41) is 22.0. The van der Waals surface area contributed by atoms with Crippen molar-refractivity contribution < 1.29 is 24.6 Å². The van der Waals surface area contributed by atoms with Gasteiger partial charge in [0, 0.05) is 13.0 Å². The van der Waals surface area contributed by atoms with Gasteiger partial charge in [-0.3, -0.25) is 4.79 Å². The minimum atomic E-state index is -1.53. The number of urea groups is 1. The molecule has 0 spiro atoms. The normalized spacial score (nSPS) is 13.8. The van der Waals surface area contributed by atoms with E-state index < -0.39 is 30.1 Å². The molecule has 0 aromatic carbocycles. The molecule has 0 aliphatic heterocycles. The Morgan fingerprint density at radius 3 is 2.22 bits per heavy atom. The van der Waals surface area contributed by atoms with Crippen LogP contribution >= 0.6 is 0 Å². The molecular formula is C10H19N3O5. The molecule has 0 rings (SSSR count). The Hall–Kier alpha value is -1.83. The van der Waals surface area contributed by atoms with Gasteiger partial charge in [-0.05, 0) is 5.92 Å². The topological polar surface area (TPSA) is 142 Å². The molecule has 0 aliphatic rings. The first kappa shape index (κ1) is 16.2.